The lowest BCUT2D eigenvalue weighted by atomic mass is 10.00. The van der Waals surface area contributed by atoms with Gasteiger partial charge in [0.2, 0.25) is 11.8 Å². The first-order valence-electron chi connectivity index (χ1n) is 20.3. The predicted molar refractivity (Wildman–Crippen MR) is 224 cm³/mol. The lowest BCUT2D eigenvalue weighted by Gasteiger charge is -2.31. The average Bonchev–Trinajstić information content (AvgIpc) is 3.99. The first-order chi connectivity index (χ1) is 27.9. The second kappa shape index (κ2) is 17.7. The van der Waals surface area contributed by atoms with Crippen molar-refractivity contribution in [3.8, 4) is 11.3 Å². The summed E-state index contributed by atoms with van der Waals surface area (Å²) in [5.41, 5.74) is 6.80. The number of carbonyl (C=O) groups excluding carboxylic acids is 4. The molecule has 58 heavy (non-hydrogen) atoms. The van der Waals surface area contributed by atoms with Gasteiger partial charge in [-0.2, -0.15) is 0 Å². The molecule has 0 radical (unpaired) electrons. The first-order valence-corrected chi connectivity index (χ1v) is 21.1. The fourth-order valence-electron chi connectivity index (χ4n) is 8.32. The molecule has 3 aromatic rings. The molecular formula is C43H54N8O6S. The van der Waals surface area contributed by atoms with E-state index in [1.807, 2.05) is 43.7 Å². The van der Waals surface area contributed by atoms with Crippen molar-refractivity contribution in [3.05, 3.63) is 60.1 Å². The van der Waals surface area contributed by atoms with Gasteiger partial charge in [-0.3, -0.25) is 14.6 Å². The Balaban J connectivity index is 1.05. The number of nitrogens with one attached hydrogen (secondary N) is 4. The molecule has 2 aromatic carbocycles. The van der Waals surface area contributed by atoms with Gasteiger partial charge in [-0.05, 0) is 81.0 Å². The Morgan fingerprint density at radius 2 is 1.43 bits per heavy atom. The molecule has 308 valence electrons. The second-order valence-electron chi connectivity index (χ2n) is 16.0. The van der Waals surface area contributed by atoms with Crippen LogP contribution in [0.25, 0.3) is 17.0 Å². The molecule has 14 nitrogen and oxygen atoms in total. The number of imidazole rings is 1. The summed E-state index contributed by atoms with van der Waals surface area (Å²) in [5, 5.41) is 9.10. The van der Waals surface area contributed by atoms with Crippen molar-refractivity contribution in [3.63, 3.8) is 0 Å². The third-order valence-corrected chi connectivity index (χ3v) is 12.6. The summed E-state index contributed by atoms with van der Waals surface area (Å²) in [5.74, 6) is 0.292. The van der Waals surface area contributed by atoms with Crippen LogP contribution in [-0.4, -0.2) is 94.9 Å². The third kappa shape index (κ3) is 8.59. The number of nitrogens with zero attached hydrogens (tertiary/aromatic N) is 4. The Morgan fingerprint density at radius 3 is 2.09 bits per heavy atom. The van der Waals surface area contributed by atoms with E-state index in [4.69, 9.17) is 19.5 Å². The van der Waals surface area contributed by atoms with E-state index in [2.05, 4.69) is 63.4 Å². The van der Waals surface area contributed by atoms with Gasteiger partial charge in [-0.15, -0.1) is 0 Å². The molecule has 5 heterocycles. The van der Waals surface area contributed by atoms with Crippen LogP contribution in [-0.2, 0) is 19.1 Å². The molecular weight excluding hydrogens is 757 g/mol. The van der Waals surface area contributed by atoms with Crippen molar-refractivity contribution >= 4 is 58.5 Å². The van der Waals surface area contributed by atoms with Crippen LogP contribution >= 0.6 is 11.8 Å². The number of ether oxygens (including phenoxy) is 2. The number of H-pyrrole nitrogens is 1. The smallest absolute Gasteiger partial charge is 0.407 e. The van der Waals surface area contributed by atoms with Gasteiger partial charge in [0.05, 0.1) is 55.3 Å². The normalized spacial score (nSPS) is 19.9. The highest BCUT2D eigenvalue weighted by Crippen LogP contribution is 2.46. The molecule has 4 aliphatic heterocycles. The number of allylic oxidation sites excluding steroid dienone is 1. The summed E-state index contributed by atoms with van der Waals surface area (Å²) in [6.45, 7) is 8.89. The van der Waals surface area contributed by atoms with Crippen molar-refractivity contribution in [1.82, 2.24) is 30.4 Å². The Bertz CT molecular complexity index is 2110. The molecule has 2 saturated heterocycles. The number of amides is 4. The number of aromatic nitrogens is 2. The van der Waals surface area contributed by atoms with Gasteiger partial charge < -0.3 is 40.2 Å². The number of aromatic amines is 1. The van der Waals surface area contributed by atoms with E-state index in [1.54, 1.807) is 11.8 Å². The highest BCUT2D eigenvalue weighted by Gasteiger charge is 2.39. The molecule has 1 aromatic heterocycles. The van der Waals surface area contributed by atoms with Crippen LogP contribution in [0, 0.1) is 11.8 Å². The fraction of sp³-hybridized carbons (Fsp3) is 0.488. The summed E-state index contributed by atoms with van der Waals surface area (Å²) in [4.78, 5) is 70.9. The van der Waals surface area contributed by atoms with Crippen molar-refractivity contribution < 1.29 is 28.7 Å². The van der Waals surface area contributed by atoms with E-state index < -0.39 is 24.3 Å². The molecule has 0 spiro atoms. The lowest BCUT2D eigenvalue weighted by molar-refractivity contribution is -0.135. The number of alkyl carbamates (subject to hydrolysis) is 2. The van der Waals surface area contributed by atoms with Gasteiger partial charge in [0.15, 0.2) is 0 Å². The number of anilines is 2. The van der Waals surface area contributed by atoms with Crippen molar-refractivity contribution in [2.24, 2.45) is 16.8 Å². The Kier molecular flexibility index (Phi) is 12.5. The number of methoxy groups -OCH3 is 2. The Morgan fingerprint density at radius 1 is 0.793 bits per heavy atom. The topological polar surface area (TPSA) is 170 Å². The number of fused-ring (bicyclic) bond motifs is 2. The van der Waals surface area contributed by atoms with Gasteiger partial charge in [-0.25, -0.2) is 14.6 Å². The standard InChI is InChI=1S/C43H54N8O6S/c1-24(2)37(48-42(54)56-5)40(52)50-19-9-13-33(50)29-12-8-7-11-28(45-29)26-16-18-35-31(21-26)46-30-17-15-27(22-36(30)58-35)32-23-44-39(47-32)34-14-10-20-51(34)41(53)38(25(3)4)49-43(55)57-6/h11,15-18,21-25,33-34,37-38,46H,7-10,12-14,19-20H2,1-6H3,(H,44,47)(H,48,54)(H,49,55). The number of rotatable bonds is 10. The number of carbonyl (C=O) groups is 4. The number of benzene rings is 2. The maximum absolute atomic E-state index is 13.8. The SMILES string of the molecule is COC(=O)NC(C(=O)N1CCCC1C1=NC(c2ccc3c(c2)Nc2ccc(-c4cnc(C5CCCN5C(=O)C(NC(=O)OC)C(C)C)[nH]4)cc2S3)=CCCC1)C(C)C. The molecule has 4 atom stereocenters. The maximum atomic E-state index is 13.8. The monoisotopic (exact) mass is 810 g/mol. The summed E-state index contributed by atoms with van der Waals surface area (Å²) in [6, 6.07) is 11.0. The van der Waals surface area contributed by atoms with Gasteiger partial charge >= 0.3 is 12.2 Å². The molecule has 4 N–H and O–H groups in total. The second-order valence-corrected chi connectivity index (χ2v) is 17.1. The molecule has 4 unspecified atom stereocenters. The third-order valence-electron chi connectivity index (χ3n) is 11.4. The molecule has 0 bridgehead atoms. The van der Waals surface area contributed by atoms with E-state index in [0.717, 1.165) is 100 Å². The zero-order valence-corrected chi connectivity index (χ0v) is 34.9. The van der Waals surface area contributed by atoms with E-state index >= 15 is 0 Å². The highest BCUT2D eigenvalue weighted by molar-refractivity contribution is 7.99. The van der Waals surface area contributed by atoms with E-state index in [1.165, 1.54) is 14.2 Å². The van der Waals surface area contributed by atoms with Gasteiger partial charge in [0.25, 0.3) is 0 Å². The van der Waals surface area contributed by atoms with Crippen LogP contribution in [0.4, 0.5) is 21.0 Å². The van der Waals surface area contributed by atoms with Crippen LogP contribution in [0.1, 0.15) is 90.1 Å². The lowest BCUT2D eigenvalue weighted by Crippen LogP contribution is -2.53. The number of hydrogen-bond donors (Lipinski definition) is 4. The van der Waals surface area contributed by atoms with Crippen LogP contribution < -0.4 is 16.0 Å². The molecule has 2 fully saturated rings. The fourth-order valence-corrected chi connectivity index (χ4v) is 9.33. The van der Waals surface area contributed by atoms with Gasteiger partial charge in [0, 0.05) is 39.7 Å². The first kappa shape index (κ1) is 40.9. The quantitative estimate of drug-likeness (QED) is 0.126. The molecule has 4 aliphatic rings. The van der Waals surface area contributed by atoms with Crippen LogP contribution in [0.3, 0.4) is 0 Å². The van der Waals surface area contributed by atoms with Crippen molar-refractivity contribution in [2.75, 3.05) is 32.6 Å². The van der Waals surface area contributed by atoms with E-state index in [0.29, 0.717) is 13.1 Å². The summed E-state index contributed by atoms with van der Waals surface area (Å²) < 4.78 is 9.59. The van der Waals surface area contributed by atoms with Gasteiger partial charge in [0.1, 0.15) is 17.9 Å². The van der Waals surface area contributed by atoms with E-state index in [9.17, 15) is 19.2 Å². The summed E-state index contributed by atoms with van der Waals surface area (Å²) in [6.07, 6.45) is 8.79. The zero-order valence-electron chi connectivity index (χ0n) is 34.1. The number of hydrogen-bond acceptors (Lipinski definition) is 10. The Hall–Kier alpha value is -5.31. The minimum atomic E-state index is -0.692. The maximum Gasteiger partial charge on any atom is 0.407 e. The molecule has 15 heteroatoms. The molecule has 4 amide bonds. The summed E-state index contributed by atoms with van der Waals surface area (Å²) >= 11 is 1.70. The Labute approximate surface area is 344 Å². The van der Waals surface area contributed by atoms with Crippen LogP contribution in [0.2, 0.25) is 0 Å². The predicted octanol–water partition coefficient (Wildman–Crippen LogP) is 7.67. The van der Waals surface area contributed by atoms with Crippen LogP contribution in [0.15, 0.2) is 63.5 Å². The zero-order chi connectivity index (χ0) is 41.1. The van der Waals surface area contributed by atoms with E-state index in [-0.39, 0.29) is 35.7 Å². The van der Waals surface area contributed by atoms with Crippen molar-refractivity contribution in [1.29, 1.82) is 0 Å². The minimum Gasteiger partial charge on any atom is -0.453 e. The largest absolute Gasteiger partial charge is 0.453 e. The highest BCUT2D eigenvalue weighted by atomic mass is 32.2. The average molecular weight is 811 g/mol. The van der Waals surface area contributed by atoms with Gasteiger partial charge in [-0.1, -0.05) is 57.7 Å². The minimum absolute atomic E-state index is 0.0928. The van der Waals surface area contributed by atoms with Crippen LogP contribution in [0.5, 0.6) is 0 Å². The molecule has 7 rings (SSSR count). The number of likely N-dealkylation sites (tertiary alicyclic amines) is 2. The van der Waals surface area contributed by atoms with Crippen molar-refractivity contribution in [2.45, 2.75) is 107 Å². The number of aliphatic imine (C=N–C) groups is 1. The molecule has 0 aliphatic carbocycles. The molecule has 0 saturated carbocycles. The summed E-state index contributed by atoms with van der Waals surface area (Å²) in [7, 11) is 2.60.